The summed E-state index contributed by atoms with van der Waals surface area (Å²) < 4.78 is 0. The number of aromatic nitrogens is 1. The molecule has 0 aromatic carbocycles. The summed E-state index contributed by atoms with van der Waals surface area (Å²) >= 11 is 0. The van der Waals surface area contributed by atoms with Gasteiger partial charge in [-0.05, 0) is 18.1 Å². The van der Waals surface area contributed by atoms with Gasteiger partial charge in [-0.15, -0.1) is 0 Å². The van der Waals surface area contributed by atoms with Crippen molar-refractivity contribution >= 4 is 23.5 Å². The van der Waals surface area contributed by atoms with E-state index < -0.39 is 11.9 Å². The lowest BCUT2D eigenvalue weighted by Crippen LogP contribution is -2.53. The van der Waals surface area contributed by atoms with E-state index in [2.05, 4.69) is 30.3 Å². The molecule has 1 aromatic heterocycles. The first-order valence-electron chi connectivity index (χ1n) is 11.9. The molecule has 3 aliphatic heterocycles. The topological polar surface area (TPSA) is 101 Å². The molecule has 0 saturated carbocycles. The van der Waals surface area contributed by atoms with E-state index in [1.54, 1.807) is 13.2 Å². The minimum atomic E-state index is -0.592. The number of pyridine rings is 1. The Hall–Kier alpha value is -2.56. The Morgan fingerprint density at radius 1 is 1.06 bits per heavy atom. The SMILES string of the molecule is CN(C(=O)Cc1ccc(N2CCN(CCN3CCNCC3)CC2)nc1)C1CCC(=O)NC1=O. The van der Waals surface area contributed by atoms with E-state index in [0.29, 0.717) is 6.42 Å². The summed E-state index contributed by atoms with van der Waals surface area (Å²) in [5.41, 5.74) is 0.817. The summed E-state index contributed by atoms with van der Waals surface area (Å²) in [7, 11) is 1.62. The van der Waals surface area contributed by atoms with Crippen molar-refractivity contribution in [2.75, 3.05) is 77.4 Å². The number of carbonyl (C=O) groups excluding carboxylic acids is 3. The molecule has 4 heterocycles. The van der Waals surface area contributed by atoms with Crippen LogP contribution in [0.2, 0.25) is 0 Å². The zero-order valence-electron chi connectivity index (χ0n) is 19.5. The predicted molar refractivity (Wildman–Crippen MR) is 125 cm³/mol. The molecule has 180 valence electrons. The van der Waals surface area contributed by atoms with Crippen LogP contribution < -0.4 is 15.5 Å². The minimum absolute atomic E-state index is 0.155. The number of hydrogen-bond donors (Lipinski definition) is 2. The van der Waals surface area contributed by atoms with Gasteiger partial charge < -0.3 is 15.1 Å². The second-order valence-electron chi connectivity index (χ2n) is 9.09. The van der Waals surface area contributed by atoms with Gasteiger partial charge in [-0.3, -0.25) is 29.5 Å². The number of piperazine rings is 2. The van der Waals surface area contributed by atoms with Crippen LogP contribution in [-0.4, -0.2) is 116 Å². The highest BCUT2D eigenvalue weighted by molar-refractivity contribution is 6.01. The summed E-state index contributed by atoms with van der Waals surface area (Å²) in [6, 6.07) is 3.32. The molecular weight excluding hydrogens is 422 g/mol. The second kappa shape index (κ2) is 11.0. The van der Waals surface area contributed by atoms with Crippen molar-refractivity contribution in [1.29, 1.82) is 0 Å². The van der Waals surface area contributed by atoms with Crippen LogP contribution in [0.15, 0.2) is 18.3 Å². The van der Waals surface area contributed by atoms with Gasteiger partial charge in [-0.1, -0.05) is 6.07 Å². The number of rotatable bonds is 7. The monoisotopic (exact) mass is 457 g/mol. The lowest BCUT2D eigenvalue weighted by atomic mass is 10.0. The largest absolute Gasteiger partial charge is 0.354 e. The number of carbonyl (C=O) groups is 3. The summed E-state index contributed by atoms with van der Waals surface area (Å²) in [4.78, 5) is 49.4. The van der Waals surface area contributed by atoms with E-state index in [1.165, 1.54) is 4.90 Å². The number of hydrogen-bond acceptors (Lipinski definition) is 8. The van der Waals surface area contributed by atoms with E-state index in [0.717, 1.165) is 76.8 Å². The predicted octanol–water partition coefficient (Wildman–Crippen LogP) is -1.09. The molecule has 0 bridgehead atoms. The third kappa shape index (κ3) is 6.27. The molecule has 3 saturated heterocycles. The third-order valence-corrected chi connectivity index (χ3v) is 6.87. The normalized spacial score (nSPS) is 22.8. The molecule has 33 heavy (non-hydrogen) atoms. The standard InChI is InChI=1S/C23H35N7O3/c1-27(19-3-5-21(31)26-23(19)33)22(32)16-18-2-4-20(25-17-18)30-14-12-29(13-15-30)11-10-28-8-6-24-7-9-28/h2,4,17,19,24H,3,5-16H2,1H3,(H,26,31,33). The molecule has 0 spiro atoms. The summed E-state index contributed by atoms with van der Waals surface area (Å²) in [6.45, 7) is 10.7. The van der Waals surface area contributed by atoms with Crippen molar-refractivity contribution < 1.29 is 14.4 Å². The molecule has 2 N–H and O–H groups in total. The fraction of sp³-hybridized carbons (Fsp3) is 0.652. The molecule has 3 fully saturated rings. The van der Waals surface area contributed by atoms with Crippen LogP contribution >= 0.6 is 0 Å². The smallest absolute Gasteiger partial charge is 0.249 e. The highest BCUT2D eigenvalue weighted by Crippen LogP contribution is 2.16. The lowest BCUT2D eigenvalue weighted by molar-refractivity contribution is -0.144. The first-order chi connectivity index (χ1) is 16.0. The minimum Gasteiger partial charge on any atom is -0.354 e. The van der Waals surface area contributed by atoms with Gasteiger partial charge in [0.2, 0.25) is 17.7 Å². The lowest BCUT2D eigenvalue weighted by Gasteiger charge is -2.37. The molecule has 10 nitrogen and oxygen atoms in total. The van der Waals surface area contributed by atoms with Gasteiger partial charge in [0, 0.05) is 85.1 Å². The maximum absolute atomic E-state index is 12.6. The fourth-order valence-electron chi connectivity index (χ4n) is 4.65. The average Bonchev–Trinajstić information content (AvgIpc) is 2.84. The first-order valence-corrected chi connectivity index (χ1v) is 11.9. The van der Waals surface area contributed by atoms with Crippen molar-refractivity contribution in [1.82, 2.24) is 30.3 Å². The van der Waals surface area contributed by atoms with E-state index in [9.17, 15) is 14.4 Å². The second-order valence-corrected chi connectivity index (χ2v) is 9.09. The van der Waals surface area contributed by atoms with Crippen LogP contribution in [0.3, 0.4) is 0 Å². The van der Waals surface area contributed by atoms with Crippen LogP contribution in [0, 0.1) is 0 Å². The van der Waals surface area contributed by atoms with Gasteiger partial charge in [-0.2, -0.15) is 0 Å². The molecule has 3 aliphatic rings. The van der Waals surface area contributed by atoms with Gasteiger partial charge in [-0.25, -0.2) is 4.98 Å². The van der Waals surface area contributed by atoms with Crippen molar-refractivity contribution in [2.24, 2.45) is 0 Å². The molecule has 0 radical (unpaired) electrons. The summed E-state index contributed by atoms with van der Waals surface area (Å²) in [5.74, 6) is 0.101. The van der Waals surface area contributed by atoms with E-state index in [-0.39, 0.29) is 24.7 Å². The molecule has 4 rings (SSSR count). The highest BCUT2D eigenvalue weighted by atomic mass is 16.2. The van der Waals surface area contributed by atoms with E-state index in [1.807, 2.05) is 12.1 Å². The number of piperidine rings is 1. The van der Waals surface area contributed by atoms with Crippen molar-refractivity contribution in [3.05, 3.63) is 23.9 Å². The summed E-state index contributed by atoms with van der Waals surface area (Å²) in [6.07, 6.45) is 2.56. The number of anilines is 1. The van der Waals surface area contributed by atoms with Gasteiger partial charge in [0.15, 0.2) is 0 Å². The van der Waals surface area contributed by atoms with E-state index >= 15 is 0 Å². The van der Waals surface area contributed by atoms with Crippen LogP contribution in [0.25, 0.3) is 0 Å². The quantitative estimate of drug-likeness (QED) is 0.499. The van der Waals surface area contributed by atoms with Crippen molar-refractivity contribution in [3.63, 3.8) is 0 Å². The fourth-order valence-corrected chi connectivity index (χ4v) is 4.65. The highest BCUT2D eigenvalue weighted by Gasteiger charge is 2.32. The van der Waals surface area contributed by atoms with Crippen LogP contribution in [0.5, 0.6) is 0 Å². The third-order valence-electron chi connectivity index (χ3n) is 6.87. The van der Waals surface area contributed by atoms with Crippen LogP contribution in [0.1, 0.15) is 18.4 Å². The molecule has 1 unspecified atom stereocenters. The summed E-state index contributed by atoms with van der Waals surface area (Å²) in [5, 5.41) is 5.70. The van der Waals surface area contributed by atoms with Gasteiger partial charge in [0.25, 0.3) is 0 Å². The molecule has 1 atom stereocenters. The number of amides is 3. The van der Waals surface area contributed by atoms with Crippen molar-refractivity contribution in [3.8, 4) is 0 Å². The Kier molecular flexibility index (Phi) is 7.89. The van der Waals surface area contributed by atoms with Gasteiger partial charge in [0.05, 0.1) is 6.42 Å². The maximum atomic E-state index is 12.6. The molecule has 10 heteroatoms. The van der Waals surface area contributed by atoms with Crippen LogP contribution in [0.4, 0.5) is 5.82 Å². The molecule has 3 amide bonds. The van der Waals surface area contributed by atoms with Crippen molar-refractivity contribution in [2.45, 2.75) is 25.3 Å². The van der Waals surface area contributed by atoms with E-state index in [4.69, 9.17) is 0 Å². The number of nitrogens with zero attached hydrogens (tertiary/aromatic N) is 5. The Morgan fingerprint density at radius 3 is 2.39 bits per heavy atom. The molecule has 1 aromatic rings. The number of likely N-dealkylation sites (N-methyl/N-ethyl adjacent to an activating group) is 1. The molecule has 0 aliphatic carbocycles. The Morgan fingerprint density at radius 2 is 1.76 bits per heavy atom. The van der Waals surface area contributed by atoms with Gasteiger partial charge in [0.1, 0.15) is 11.9 Å². The Balaban J connectivity index is 1.22. The number of nitrogens with one attached hydrogen (secondary N) is 2. The Labute approximate surface area is 195 Å². The molecular formula is C23H35N7O3. The maximum Gasteiger partial charge on any atom is 0.249 e. The zero-order chi connectivity index (χ0) is 23.2. The zero-order valence-corrected chi connectivity index (χ0v) is 19.5. The van der Waals surface area contributed by atoms with Crippen LogP contribution in [-0.2, 0) is 20.8 Å². The number of imide groups is 1. The first kappa shape index (κ1) is 23.6. The average molecular weight is 458 g/mol. The van der Waals surface area contributed by atoms with Gasteiger partial charge >= 0.3 is 0 Å². The Bertz CT molecular complexity index is 833.